The summed E-state index contributed by atoms with van der Waals surface area (Å²) in [5.41, 5.74) is -0.187. The van der Waals surface area contributed by atoms with Crippen molar-refractivity contribution in [2.24, 2.45) is 0 Å². The van der Waals surface area contributed by atoms with Crippen molar-refractivity contribution in [3.05, 3.63) is 37.1 Å². The number of aromatic nitrogens is 4. The molecule has 23 heavy (non-hydrogen) atoms. The van der Waals surface area contributed by atoms with Crippen LogP contribution in [0.15, 0.2) is 37.1 Å². The molecule has 1 atom stereocenters. The maximum absolute atomic E-state index is 6.22. The van der Waals surface area contributed by atoms with E-state index in [1.54, 1.807) is 24.8 Å². The zero-order chi connectivity index (χ0) is 15.5. The molecule has 0 amide bonds. The van der Waals surface area contributed by atoms with Gasteiger partial charge in [-0.05, 0) is 18.9 Å². The molecule has 0 aromatic carbocycles. The summed E-state index contributed by atoms with van der Waals surface area (Å²) in [4.78, 5) is 21.9. The van der Waals surface area contributed by atoms with Gasteiger partial charge in [-0.25, -0.2) is 15.0 Å². The van der Waals surface area contributed by atoms with Crippen molar-refractivity contribution < 1.29 is 4.74 Å². The van der Waals surface area contributed by atoms with Crippen LogP contribution in [0.3, 0.4) is 0 Å². The van der Waals surface area contributed by atoms with Crippen molar-refractivity contribution in [1.82, 2.24) is 19.9 Å². The predicted octanol–water partition coefficient (Wildman–Crippen LogP) is 1.14. The van der Waals surface area contributed by atoms with E-state index in [9.17, 15) is 0 Å². The van der Waals surface area contributed by atoms with Crippen LogP contribution < -0.4 is 9.80 Å². The lowest BCUT2D eigenvalue weighted by atomic mass is 9.91. The first-order valence-electron chi connectivity index (χ1n) is 8.02. The van der Waals surface area contributed by atoms with Crippen molar-refractivity contribution in [3.63, 3.8) is 0 Å². The fourth-order valence-electron chi connectivity index (χ4n) is 3.47. The predicted molar refractivity (Wildman–Crippen MR) is 86.4 cm³/mol. The van der Waals surface area contributed by atoms with E-state index in [-0.39, 0.29) is 5.60 Å². The van der Waals surface area contributed by atoms with E-state index >= 15 is 0 Å². The summed E-state index contributed by atoms with van der Waals surface area (Å²) >= 11 is 0. The molecule has 2 aromatic rings. The number of anilines is 2. The Morgan fingerprint density at radius 1 is 0.957 bits per heavy atom. The SMILES string of the molecule is c1cnc(N2CCO[C@@]3(CCCN(c4cnccn4)C3)C2)nc1. The number of hydrogen-bond donors (Lipinski definition) is 0. The number of ether oxygens (including phenoxy) is 1. The third-order valence-electron chi connectivity index (χ3n) is 4.50. The van der Waals surface area contributed by atoms with Crippen LogP contribution in [-0.4, -0.2) is 58.3 Å². The van der Waals surface area contributed by atoms with Crippen LogP contribution in [0.25, 0.3) is 0 Å². The molecule has 2 aliphatic rings. The quantitative estimate of drug-likeness (QED) is 0.824. The molecule has 4 heterocycles. The lowest BCUT2D eigenvalue weighted by Gasteiger charge is -2.48. The minimum absolute atomic E-state index is 0.187. The van der Waals surface area contributed by atoms with Crippen LogP contribution >= 0.6 is 0 Å². The van der Waals surface area contributed by atoms with Crippen molar-refractivity contribution in [2.75, 3.05) is 42.6 Å². The Hall–Kier alpha value is -2.28. The Balaban J connectivity index is 1.53. The van der Waals surface area contributed by atoms with E-state index in [0.29, 0.717) is 6.61 Å². The molecule has 120 valence electrons. The number of hydrogen-bond acceptors (Lipinski definition) is 7. The minimum Gasteiger partial charge on any atom is -0.369 e. The van der Waals surface area contributed by atoms with Gasteiger partial charge in [0, 0.05) is 37.9 Å². The second-order valence-corrected chi connectivity index (χ2v) is 6.09. The van der Waals surface area contributed by atoms with Gasteiger partial charge in [-0.1, -0.05) is 0 Å². The third kappa shape index (κ3) is 2.96. The summed E-state index contributed by atoms with van der Waals surface area (Å²) < 4.78 is 6.22. The standard InChI is InChI=1S/C16H20N6O/c1-3-16(12-21(8-1)14-11-17-6-7-18-14)13-22(9-10-23-16)15-19-4-2-5-20-15/h2,4-7,11H,1,3,8-10,12-13H2/t16-/m1/s1. The molecule has 0 saturated carbocycles. The van der Waals surface area contributed by atoms with Gasteiger partial charge in [0.25, 0.3) is 0 Å². The molecule has 0 unspecified atom stereocenters. The summed E-state index contributed by atoms with van der Waals surface area (Å²) in [5.74, 6) is 1.70. The maximum Gasteiger partial charge on any atom is 0.225 e. The topological polar surface area (TPSA) is 67.3 Å². The molecule has 4 rings (SSSR count). The van der Waals surface area contributed by atoms with E-state index < -0.39 is 0 Å². The Kier molecular flexibility index (Phi) is 3.78. The summed E-state index contributed by atoms with van der Waals surface area (Å²) in [6.45, 7) is 4.16. The highest BCUT2D eigenvalue weighted by Gasteiger charge is 2.41. The van der Waals surface area contributed by atoms with Crippen LogP contribution in [-0.2, 0) is 4.74 Å². The van der Waals surface area contributed by atoms with Gasteiger partial charge in [0.15, 0.2) is 0 Å². The van der Waals surface area contributed by atoms with Crippen molar-refractivity contribution in [2.45, 2.75) is 18.4 Å². The molecule has 0 bridgehead atoms. The van der Waals surface area contributed by atoms with E-state index in [0.717, 1.165) is 50.8 Å². The largest absolute Gasteiger partial charge is 0.369 e. The van der Waals surface area contributed by atoms with E-state index in [2.05, 4.69) is 29.7 Å². The summed E-state index contributed by atoms with van der Waals surface area (Å²) in [7, 11) is 0. The van der Waals surface area contributed by atoms with Crippen molar-refractivity contribution >= 4 is 11.8 Å². The smallest absolute Gasteiger partial charge is 0.225 e. The first-order valence-corrected chi connectivity index (χ1v) is 8.02. The van der Waals surface area contributed by atoms with Gasteiger partial charge >= 0.3 is 0 Å². The summed E-state index contributed by atoms with van der Waals surface area (Å²) in [5, 5.41) is 0. The highest BCUT2D eigenvalue weighted by Crippen LogP contribution is 2.31. The molecule has 7 heteroatoms. The monoisotopic (exact) mass is 312 g/mol. The zero-order valence-corrected chi connectivity index (χ0v) is 13.0. The summed E-state index contributed by atoms with van der Waals surface area (Å²) in [6.07, 6.45) is 11.0. The van der Waals surface area contributed by atoms with E-state index in [1.807, 2.05) is 12.3 Å². The number of morpholine rings is 1. The van der Waals surface area contributed by atoms with Crippen LogP contribution in [0.1, 0.15) is 12.8 Å². The van der Waals surface area contributed by atoms with Crippen LogP contribution in [0.5, 0.6) is 0 Å². The number of nitrogens with zero attached hydrogens (tertiary/aromatic N) is 6. The minimum atomic E-state index is -0.187. The van der Waals surface area contributed by atoms with Gasteiger partial charge in [-0.15, -0.1) is 0 Å². The molecule has 0 radical (unpaired) electrons. The van der Waals surface area contributed by atoms with Crippen LogP contribution in [0, 0.1) is 0 Å². The molecule has 2 aromatic heterocycles. The summed E-state index contributed by atoms with van der Waals surface area (Å²) in [6, 6.07) is 1.84. The molecule has 7 nitrogen and oxygen atoms in total. The Bertz CT molecular complexity index is 580. The van der Waals surface area contributed by atoms with Gasteiger partial charge < -0.3 is 14.5 Å². The molecule has 2 aliphatic heterocycles. The first kappa shape index (κ1) is 14.3. The Morgan fingerprint density at radius 2 is 1.83 bits per heavy atom. The highest BCUT2D eigenvalue weighted by molar-refractivity contribution is 5.38. The van der Waals surface area contributed by atoms with Gasteiger partial charge in [0.05, 0.1) is 25.9 Å². The average molecular weight is 312 g/mol. The van der Waals surface area contributed by atoms with E-state index in [1.165, 1.54) is 0 Å². The zero-order valence-electron chi connectivity index (χ0n) is 13.0. The van der Waals surface area contributed by atoms with Gasteiger partial charge in [-0.2, -0.15) is 0 Å². The molecular formula is C16H20N6O. The Labute approximate surface area is 135 Å². The molecular weight excluding hydrogens is 292 g/mol. The Morgan fingerprint density at radius 3 is 2.65 bits per heavy atom. The highest BCUT2D eigenvalue weighted by atomic mass is 16.5. The maximum atomic E-state index is 6.22. The molecule has 0 aliphatic carbocycles. The van der Waals surface area contributed by atoms with Crippen molar-refractivity contribution in [3.8, 4) is 0 Å². The fourth-order valence-corrected chi connectivity index (χ4v) is 3.47. The average Bonchev–Trinajstić information content (AvgIpc) is 2.63. The second kappa shape index (κ2) is 6.08. The van der Waals surface area contributed by atoms with Crippen molar-refractivity contribution in [1.29, 1.82) is 0 Å². The number of piperidine rings is 1. The lowest BCUT2D eigenvalue weighted by molar-refractivity contribution is -0.0634. The van der Waals surface area contributed by atoms with Crippen LogP contribution in [0.2, 0.25) is 0 Å². The first-order chi connectivity index (χ1) is 11.3. The van der Waals surface area contributed by atoms with Crippen LogP contribution in [0.4, 0.5) is 11.8 Å². The molecule has 2 saturated heterocycles. The second-order valence-electron chi connectivity index (χ2n) is 6.09. The fraction of sp³-hybridized carbons (Fsp3) is 0.500. The van der Waals surface area contributed by atoms with E-state index in [4.69, 9.17) is 4.74 Å². The van der Waals surface area contributed by atoms with Gasteiger partial charge in [0.1, 0.15) is 11.4 Å². The number of rotatable bonds is 2. The van der Waals surface area contributed by atoms with Gasteiger partial charge in [-0.3, -0.25) is 4.98 Å². The third-order valence-corrected chi connectivity index (χ3v) is 4.50. The van der Waals surface area contributed by atoms with Gasteiger partial charge in [0.2, 0.25) is 5.95 Å². The normalized spacial score (nSPS) is 24.9. The molecule has 1 spiro atoms. The lowest BCUT2D eigenvalue weighted by Crippen LogP contribution is -2.60. The molecule has 2 fully saturated rings. The molecule has 0 N–H and O–H groups in total.